The molecule has 5 heteroatoms. The number of nitro benzene ring substituents is 1. The van der Waals surface area contributed by atoms with E-state index < -0.39 is 4.92 Å². The van der Waals surface area contributed by atoms with Crippen molar-refractivity contribution in [3.8, 4) is 5.75 Å². The van der Waals surface area contributed by atoms with Gasteiger partial charge in [0.25, 0.3) is 5.69 Å². The van der Waals surface area contributed by atoms with Crippen molar-refractivity contribution >= 4 is 11.4 Å². The lowest BCUT2D eigenvalue weighted by Gasteiger charge is -2.05. The average Bonchev–Trinajstić information content (AvgIpc) is 2.36. The molecule has 0 radical (unpaired) electrons. The van der Waals surface area contributed by atoms with E-state index in [0.29, 0.717) is 11.3 Å². The van der Waals surface area contributed by atoms with Gasteiger partial charge in [0.2, 0.25) is 0 Å². The number of ether oxygens (including phenoxy) is 1. The molecule has 0 unspecified atom stereocenters. The lowest BCUT2D eigenvalue weighted by molar-refractivity contribution is -0.385. The van der Waals surface area contributed by atoms with Gasteiger partial charge in [0.15, 0.2) is 0 Å². The third kappa shape index (κ3) is 5.19. The molecular formula is C12H22N2O3. The fraction of sp³-hybridized carbons (Fsp3) is 0.500. The van der Waals surface area contributed by atoms with Crippen LogP contribution in [0.2, 0.25) is 0 Å². The second-order valence-electron chi connectivity index (χ2n) is 2.64. The maximum atomic E-state index is 10.5. The number of nitrogens with two attached hydrogens (primary N) is 1. The Morgan fingerprint density at radius 2 is 1.71 bits per heavy atom. The molecule has 2 N–H and O–H groups in total. The van der Waals surface area contributed by atoms with Gasteiger partial charge in [0.05, 0.1) is 17.7 Å². The van der Waals surface area contributed by atoms with E-state index in [1.807, 2.05) is 27.7 Å². The van der Waals surface area contributed by atoms with E-state index in [1.54, 1.807) is 13.0 Å². The Morgan fingerprint density at radius 3 is 2.06 bits per heavy atom. The molecule has 0 aliphatic heterocycles. The molecule has 1 rings (SSSR count). The van der Waals surface area contributed by atoms with Gasteiger partial charge in [-0.3, -0.25) is 10.1 Å². The van der Waals surface area contributed by atoms with Gasteiger partial charge in [0, 0.05) is 11.6 Å². The molecule has 17 heavy (non-hydrogen) atoms. The van der Waals surface area contributed by atoms with Gasteiger partial charge in [-0.05, 0) is 13.0 Å². The van der Waals surface area contributed by atoms with Crippen molar-refractivity contribution in [1.29, 1.82) is 0 Å². The van der Waals surface area contributed by atoms with Crippen molar-refractivity contribution in [2.24, 2.45) is 0 Å². The average molecular weight is 242 g/mol. The van der Waals surface area contributed by atoms with E-state index in [9.17, 15) is 10.1 Å². The van der Waals surface area contributed by atoms with Crippen molar-refractivity contribution in [2.75, 3.05) is 12.8 Å². The first-order valence-electron chi connectivity index (χ1n) is 5.64. The van der Waals surface area contributed by atoms with Crippen LogP contribution in [-0.2, 0) is 0 Å². The van der Waals surface area contributed by atoms with Crippen molar-refractivity contribution in [2.45, 2.75) is 34.6 Å². The third-order valence-electron chi connectivity index (χ3n) is 1.74. The number of methoxy groups -OCH3 is 1. The summed E-state index contributed by atoms with van der Waals surface area (Å²) in [7, 11) is 1.47. The number of rotatable bonds is 2. The highest BCUT2D eigenvalue weighted by Gasteiger charge is 2.13. The van der Waals surface area contributed by atoms with Gasteiger partial charge in [-0.1, -0.05) is 27.7 Å². The molecule has 0 atom stereocenters. The summed E-state index contributed by atoms with van der Waals surface area (Å²) in [6.07, 6.45) is 0. The molecule has 0 saturated heterocycles. The summed E-state index contributed by atoms with van der Waals surface area (Å²) in [6.45, 7) is 9.64. The molecule has 1 aromatic carbocycles. The second kappa shape index (κ2) is 9.45. The van der Waals surface area contributed by atoms with Gasteiger partial charge < -0.3 is 10.5 Å². The molecule has 0 aliphatic carbocycles. The summed E-state index contributed by atoms with van der Waals surface area (Å²) in [5.74, 6) is 0.461. The van der Waals surface area contributed by atoms with Crippen LogP contribution in [0.3, 0.4) is 0 Å². The molecule has 5 nitrogen and oxygen atoms in total. The number of nitrogen functional groups attached to an aromatic ring is 1. The Bertz CT molecular complexity index is 352. The number of benzene rings is 1. The fourth-order valence-corrected chi connectivity index (χ4v) is 1.06. The lowest BCUT2D eigenvalue weighted by Crippen LogP contribution is -1.97. The van der Waals surface area contributed by atoms with Crippen LogP contribution in [0.4, 0.5) is 11.4 Å². The molecule has 0 bridgehead atoms. The van der Waals surface area contributed by atoms with Crippen LogP contribution < -0.4 is 10.5 Å². The number of nitro groups is 1. The van der Waals surface area contributed by atoms with Crippen LogP contribution in [0.1, 0.15) is 33.3 Å². The topological polar surface area (TPSA) is 78.4 Å². The van der Waals surface area contributed by atoms with Crippen LogP contribution in [0.15, 0.2) is 12.1 Å². The van der Waals surface area contributed by atoms with Crippen LogP contribution >= 0.6 is 0 Å². The first-order chi connectivity index (χ1) is 8.06. The smallest absolute Gasteiger partial charge is 0.274 e. The van der Waals surface area contributed by atoms with E-state index in [-0.39, 0.29) is 11.4 Å². The Hall–Kier alpha value is -1.78. The molecule has 98 valence electrons. The highest BCUT2D eigenvalue weighted by Crippen LogP contribution is 2.29. The van der Waals surface area contributed by atoms with Crippen LogP contribution in [0.25, 0.3) is 0 Å². The minimum Gasteiger partial charge on any atom is -0.495 e. The number of anilines is 1. The standard InChI is InChI=1S/C8H10N2O3.2C2H6/c1-5-3-8(13-2)6(9)4-7(5)10(11)12;2*1-2/h3-4H,9H2,1-2H3;2*1-2H3. The van der Waals surface area contributed by atoms with E-state index >= 15 is 0 Å². The monoisotopic (exact) mass is 242 g/mol. The van der Waals surface area contributed by atoms with Crippen LogP contribution in [0.5, 0.6) is 5.75 Å². The van der Waals surface area contributed by atoms with Crippen LogP contribution in [-0.4, -0.2) is 12.0 Å². The summed E-state index contributed by atoms with van der Waals surface area (Å²) in [5, 5.41) is 10.5. The molecule has 0 saturated carbocycles. The van der Waals surface area contributed by atoms with E-state index in [2.05, 4.69) is 0 Å². The minimum atomic E-state index is -0.467. The largest absolute Gasteiger partial charge is 0.495 e. The minimum absolute atomic E-state index is 0.0123. The summed E-state index contributed by atoms with van der Waals surface area (Å²) < 4.78 is 4.91. The Balaban J connectivity index is 0. The molecule has 0 aliphatic rings. The van der Waals surface area contributed by atoms with Gasteiger partial charge in [-0.2, -0.15) is 0 Å². The first-order valence-corrected chi connectivity index (χ1v) is 5.64. The van der Waals surface area contributed by atoms with Gasteiger partial charge in [0.1, 0.15) is 5.75 Å². The molecule has 0 amide bonds. The predicted octanol–water partition coefficient (Wildman–Crippen LogP) is 3.55. The van der Waals surface area contributed by atoms with Crippen molar-refractivity contribution in [3.05, 3.63) is 27.8 Å². The maximum absolute atomic E-state index is 10.5. The fourth-order valence-electron chi connectivity index (χ4n) is 1.06. The molecule has 0 fully saturated rings. The number of aryl methyl sites for hydroxylation is 1. The quantitative estimate of drug-likeness (QED) is 0.488. The SMILES string of the molecule is CC.CC.COc1cc(C)c([N+](=O)[O-])cc1N. The lowest BCUT2D eigenvalue weighted by atomic mass is 10.1. The normalized spacial score (nSPS) is 8.12. The maximum Gasteiger partial charge on any atom is 0.274 e. The molecular weight excluding hydrogens is 220 g/mol. The van der Waals surface area contributed by atoms with Crippen molar-refractivity contribution < 1.29 is 9.66 Å². The van der Waals surface area contributed by atoms with Gasteiger partial charge >= 0.3 is 0 Å². The van der Waals surface area contributed by atoms with E-state index in [0.717, 1.165) is 0 Å². The number of hydrogen-bond acceptors (Lipinski definition) is 4. The number of hydrogen-bond donors (Lipinski definition) is 1. The highest BCUT2D eigenvalue weighted by atomic mass is 16.6. The zero-order chi connectivity index (χ0) is 14.0. The summed E-state index contributed by atoms with van der Waals surface area (Å²) >= 11 is 0. The summed E-state index contributed by atoms with van der Waals surface area (Å²) in [4.78, 5) is 10.0. The third-order valence-corrected chi connectivity index (χ3v) is 1.74. The zero-order valence-corrected chi connectivity index (χ0v) is 11.4. The van der Waals surface area contributed by atoms with E-state index in [4.69, 9.17) is 10.5 Å². The summed E-state index contributed by atoms with van der Waals surface area (Å²) in [6, 6.07) is 2.85. The zero-order valence-electron chi connectivity index (χ0n) is 11.4. The van der Waals surface area contributed by atoms with E-state index in [1.165, 1.54) is 13.2 Å². The molecule has 0 heterocycles. The predicted molar refractivity (Wildman–Crippen MR) is 71.5 cm³/mol. The van der Waals surface area contributed by atoms with Gasteiger partial charge in [-0.15, -0.1) is 0 Å². The Kier molecular flexibility index (Phi) is 9.79. The Labute approximate surface area is 103 Å². The molecule has 0 aromatic heterocycles. The first kappa shape index (κ1) is 17.6. The second-order valence-corrected chi connectivity index (χ2v) is 2.64. The number of nitrogens with zero attached hydrogens (tertiary/aromatic N) is 1. The molecule has 0 spiro atoms. The van der Waals surface area contributed by atoms with Gasteiger partial charge in [-0.25, -0.2) is 0 Å². The highest BCUT2D eigenvalue weighted by molar-refractivity contribution is 5.61. The molecule has 1 aromatic rings. The van der Waals surface area contributed by atoms with Crippen LogP contribution in [0, 0.1) is 17.0 Å². The van der Waals surface area contributed by atoms with Crippen molar-refractivity contribution in [3.63, 3.8) is 0 Å². The summed E-state index contributed by atoms with van der Waals surface area (Å²) in [5.41, 5.74) is 6.34. The van der Waals surface area contributed by atoms with Crippen molar-refractivity contribution in [1.82, 2.24) is 0 Å². The Morgan fingerprint density at radius 1 is 1.24 bits per heavy atom.